The molecule has 1 saturated carbocycles. The summed E-state index contributed by atoms with van der Waals surface area (Å²) in [5, 5.41) is 9.11. The van der Waals surface area contributed by atoms with Crippen molar-refractivity contribution in [2.45, 2.75) is 25.3 Å². The molecule has 1 aliphatic rings. The van der Waals surface area contributed by atoms with Gasteiger partial charge in [0.05, 0.1) is 24.5 Å². The highest BCUT2D eigenvalue weighted by molar-refractivity contribution is 5.55. The maximum atomic E-state index is 5.05. The Morgan fingerprint density at radius 3 is 2.94 bits per heavy atom. The van der Waals surface area contributed by atoms with Gasteiger partial charge in [-0.1, -0.05) is 0 Å². The maximum absolute atomic E-state index is 5.05. The van der Waals surface area contributed by atoms with Crippen molar-refractivity contribution in [3.8, 4) is 11.4 Å². The molecular weight excluding hydrogens is 228 g/mol. The van der Waals surface area contributed by atoms with Crippen LogP contribution in [0.15, 0.2) is 18.3 Å². The Morgan fingerprint density at radius 1 is 1.39 bits per heavy atom. The molecule has 0 bridgehead atoms. The molecule has 0 amide bonds. The third-order valence-corrected chi connectivity index (χ3v) is 3.32. The van der Waals surface area contributed by atoms with Crippen LogP contribution in [0.5, 0.6) is 0 Å². The van der Waals surface area contributed by atoms with Gasteiger partial charge in [0.15, 0.2) is 0 Å². The van der Waals surface area contributed by atoms with Crippen molar-refractivity contribution in [2.24, 2.45) is 7.05 Å². The second-order valence-electron chi connectivity index (χ2n) is 4.81. The normalized spacial score (nSPS) is 15.2. The number of ether oxygens (including phenoxy) is 1. The maximum Gasteiger partial charge on any atom is 0.110 e. The number of hydrogen-bond donors (Lipinski definition) is 0. The lowest BCUT2D eigenvalue weighted by atomic mass is 10.2. The highest BCUT2D eigenvalue weighted by Gasteiger charge is 2.27. The van der Waals surface area contributed by atoms with Gasteiger partial charge in [0.1, 0.15) is 5.69 Å². The van der Waals surface area contributed by atoms with Crippen LogP contribution < -0.4 is 0 Å². The first-order valence-corrected chi connectivity index (χ1v) is 6.34. The van der Waals surface area contributed by atoms with E-state index in [4.69, 9.17) is 4.74 Å². The van der Waals surface area contributed by atoms with E-state index in [0.29, 0.717) is 12.5 Å². The van der Waals surface area contributed by atoms with Crippen LogP contribution in [-0.2, 0) is 18.3 Å². The van der Waals surface area contributed by atoms with Gasteiger partial charge in [-0.25, -0.2) is 0 Å². The predicted octanol–water partition coefficient (Wildman–Crippen LogP) is 1.81. The monoisotopic (exact) mass is 246 g/mol. The summed E-state index contributed by atoms with van der Waals surface area (Å²) >= 11 is 0. The van der Waals surface area contributed by atoms with Crippen molar-refractivity contribution in [3.63, 3.8) is 0 Å². The smallest absolute Gasteiger partial charge is 0.110 e. The van der Waals surface area contributed by atoms with E-state index in [0.717, 1.165) is 17.9 Å². The minimum Gasteiger partial charge on any atom is -0.383 e. The summed E-state index contributed by atoms with van der Waals surface area (Å²) in [6.07, 6.45) is 4.54. The molecule has 1 fully saturated rings. The topological polar surface area (TPSA) is 44.9 Å². The third-order valence-electron chi connectivity index (χ3n) is 3.32. The molecule has 3 rings (SSSR count). The lowest BCUT2D eigenvalue weighted by Crippen LogP contribution is -2.04. The van der Waals surface area contributed by atoms with Crippen molar-refractivity contribution in [3.05, 3.63) is 24.0 Å². The zero-order chi connectivity index (χ0) is 12.5. The van der Waals surface area contributed by atoms with Gasteiger partial charge in [-0.05, 0) is 25.0 Å². The molecular formula is C13H18N4O. The minimum absolute atomic E-state index is 0.680. The molecule has 2 aromatic heterocycles. The van der Waals surface area contributed by atoms with E-state index in [9.17, 15) is 0 Å². The molecule has 0 saturated heterocycles. The van der Waals surface area contributed by atoms with Crippen molar-refractivity contribution >= 4 is 0 Å². The molecule has 1 aliphatic carbocycles. The van der Waals surface area contributed by atoms with Crippen LogP contribution in [0, 0.1) is 0 Å². The molecule has 0 radical (unpaired) electrons. The van der Waals surface area contributed by atoms with Crippen LogP contribution in [0.1, 0.15) is 24.5 Å². The molecule has 2 aromatic rings. The van der Waals surface area contributed by atoms with Gasteiger partial charge in [0, 0.05) is 26.3 Å². The average Bonchev–Trinajstić information content (AvgIpc) is 2.99. The minimum atomic E-state index is 0.680. The van der Waals surface area contributed by atoms with Gasteiger partial charge in [0.25, 0.3) is 0 Å². The number of nitrogens with zero attached hydrogens (tertiary/aromatic N) is 4. The highest BCUT2D eigenvalue weighted by atomic mass is 16.5. The van der Waals surface area contributed by atoms with Crippen molar-refractivity contribution < 1.29 is 4.74 Å². The fraction of sp³-hybridized carbons (Fsp3) is 0.538. The lowest BCUT2D eigenvalue weighted by Gasteiger charge is -1.99. The fourth-order valence-corrected chi connectivity index (χ4v) is 2.12. The number of hydrogen-bond acceptors (Lipinski definition) is 3. The third kappa shape index (κ3) is 2.18. The molecule has 96 valence electrons. The number of methoxy groups -OCH3 is 1. The quantitative estimate of drug-likeness (QED) is 0.808. The zero-order valence-corrected chi connectivity index (χ0v) is 10.8. The molecule has 0 unspecified atom stereocenters. The molecule has 0 spiro atoms. The van der Waals surface area contributed by atoms with Gasteiger partial charge < -0.3 is 4.74 Å². The van der Waals surface area contributed by atoms with Crippen LogP contribution in [0.25, 0.3) is 11.4 Å². The Hall–Kier alpha value is -1.62. The molecule has 0 aromatic carbocycles. The second kappa shape index (κ2) is 4.57. The predicted molar refractivity (Wildman–Crippen MR) is 68.3 cm³/mol. The first kappa shape index (κ1) is 11.5. The first-order valence-electron chi connectivity index (χ1n) is 6.34. The molecule has 18 heavy (non-hydrogen) atoms. The van der Waals surface area contributed by atoms with Crippen LogP contribution in [-0.4, -0.2) is 33.3 Å². The van der Waals surface area contributed by atoms with E-state index in [1.807, 2.05) is 28.7 Å². The van der Waals surface area contributed by atoms with Crippen molar-refractivity contribution in [1.29, 1.82) is 0 Å². The summed E-state index contributed by atoms with van der Waals surface area (Å²) in [5.74, 6) is 0.681. The van der Waals surface area contributed by atoms with Gasteiger partial charge in [-0.3, -0.25) is 9.36 Å². The summed E-state index contributed by atoms with van der Waals surface area (Å²) in [6.45, 7) is 1.46. The average molecular weight is 246 g/mol. The van der Waals surface area contributed by atoms with Gasteiger partial charge in [0.2, 0.25) is 0 Å². The van der Waals surface area contributed by atoms with Crippen molar-refractivity contribution in [2.75, 3.05) is 13.7 Å². The van der Waals surface area contributed by atoms with Gasteiger partial charge >= 0.3 is 0 Å². The Kier molecular flexibility index (Phi) is 2.91. The summed E-state index contributed by atoms with van der Waals surface area (Å²) in [6, 6.07) is 4.20. The van der Waals surface area contributed by atoms with Gasteiger partial charge in [-0.2, -0.15) is 10.2 Å². The van der Waals surface area contributed by atoms with Crippen LogP contribution in [0.2, 0.25) is 0 Å². The fourth-order valence-electron chi connectivity index (χ4n) is 2.12. The van der Waals surface area contributed by atoms with Gasteiger partial charge in [-0.15, -0.1) is 0 Å². The summed E-state index contributed by atoms with van der Waals surface area (Å²) < 4.78 is 8.88. The largest absolute Gasteiger partial charge is 0.383 e. The molecule has 0 atom stereocenters. The summed E-state index contributed by atoms with van der Waals surface area (Å²) in [5.41, 5.74) is 3.28. The number of rotatable bonds is 5. The Balaban J connectivity index is 1.82. The summed E-state index contributed by atoms with van der Waals surface area (Å²) in [7, 11) is 3.68. The molecule has 2 heterocycles. The van der Waals surface area contributed by atoms with Crippen LogP contribution >= 0.6 is 0 Å². The number of aryl methyl sites for hydroxylation is 1. The van der Waals surface area contributed by atoms with E-state index in [2.05, 4.69) is 16.3 Å². The van der Waals surface area contributed by atoms with Crippen LogP contribution in [0.3, 0.4) is 0 Å². The van der Waals surface area contributed by atoms with E-state index in [-0.39, 0.29) is 0 Å². The van der Waals surface area contributed by atoms with Crippen molar-refractivity contribution in [1.82, 2.24) is 19.6 Å². The molecule has 5 heteroatoms. The Bertz CT molecular complexity index is 539. The van der Waals surface area contributed by atoms with E-state index in [1.54, 1.807) is 7.11 Å². The summed E-state index contributed by atoms with van der Waals surface area (Å²) in [4.78, 5) is 0. The van der Waals surface area contributed by atoms with E-state index >= 15 is 0 Å². The molecule has 5 nitrogen and oxygen atoms in total. The Labute approximate surface area is 106 Å². The van der Waals surface area contributed by atoms with Crippen LogP contribution in [0.4, 0.5) is 0 Å². The zero-order valence-electron chi connectivity index (χ0n) is 10.8. The standard InChI is InChI=1S/C13H18N4O/c1-16-13(9-12(14-16)10-3-4-10)11-5-6-17(15-11)7-8-18-2/h5-6,9-10H,3-4,7-8H2,1-2H3. The molecule has 0 aliphatic heterocycles. The molecule has 0 N–H and O–H groups in total. The lowest BCUT2D eigenvalue weighted by molar-refractivity contribution is 0.183. The number of aromatic nitrogens is 4. The highest BCUT2D eigenvalue weighted by Crippen LogP contribution is 2.40. The Morgan fingerprint density at radius 2 is 2.22 bits per heavy atom. The van der Waals surface area contributed by atoms with E-state index in [1.165, 1.54) is 18.5 Å². The SMILES string of the molecule is COCCn1ccc(-c2cc(C3CC3)nn2C)n1. The van der Waals surface area contributed by atoms with E-state index < -0.39 is 0 Å². The first-order chi connectivity index (χ1) is 8.78. The second-order valence-corrected chi connectivity index (χ2v) is 4.81.